The van der Waals surface area contributed by atoms with Crippen LogP contribution in [-0.2, 0) is 27.2 Å². The molecule has 1 fully saturated rings. The molecule has 0 unspecified atom stereocenters. The Kier molecular flexibility index (Phi) is 11.1. The van der Waals surface area contributed by atoms with Gasteiger partial charge in [-0.2, -0.15) is 9.97 Å². The highest BCUT2D eigenvalue weighted by Crippen LogP contribution is 2.35. The van der Waals surface area contributed by atoms with Gasteiger partial charge in [0, 0.05) is 32.2 Å². The number of hydrogen-bond donors (Lipinski definition) is 1. The van der Waals surface area contributed by atoms with Crippen molar-refractivity contribution in [2.75, 3.05) is 32.8 Å². The molecule has 0 aliphatic carbocycles. The average Bonchev–Trinajstić information content (AvgIpc) is 3.97. The lowest BCUT2D eigenvalue weighted by Gasteiger charge is -2.32. The monoisotopic (exact) mass is 718 g/mol. The summed E-state index contributed by atoms with van der Waals surface area (Å²) in [6.07, 6.45) is 3.67. The average molecular weight is 719 g/mol. The smallest absolute Gasteiger partial charge is 0.306 e. The standard InChI is InChI=1S/C35H38N6O7S2/c42-29(9-3-10-30-37-34(39-47-30)27-7-5-19-49-27)36-24(22-41-15-1-2-16-41)33(23-13-14-25-26(21-23)45-18-17-44-25)46-32(43)12-4-11-31-38-35(40-48-31)28-8-6-20-50-28/h5-8,13-14,19-21,24,33H,1-4,9-12,15-18,22H2,(H,36,42)/t24-,33-/m1/s1. The minimum absolute atomic E-state index is 0.139. The van der Waals surface area contributed by atoms with Crippen LogP contribution in [0.1, 0.15) is 62.0 Å². The van der Waals surface area contributed by atoms with E-state index in [2.05, 4.69) is 30.5 Å². The Bertz CT molecular complexity index is 1840. The minimum atomic E-state index is -0.763. The highest BCUT2D eigenvalue weighted by atomic mass is 32.1. The molecule has 13 nitrogen and oxygen atoms in total. The van der Waals surface area contributed by atoms with Crippen LogP contribution in [0.5, 0.6) is 11.5 Å². The largest absolute Gasteiger partial charge is 0.486 e. The number of fused-ring (bicyclic) bond motifs is 1. The number of rotatable bonds is 16. The fourth-order valence-electron chi connectivity index (χ4n) is 6.07. The molecule has 2 atom stereocenters. The van der Waals surface area contributed by atoms with E-state index in [1.807, 2.05) is 53.2 Å². The summed E-state index contributed by atoms with van der Waals surface area (Å²) >= 11 is 3.07. The lowest BCUT2D eigenvalue weighted by atomic mass is 10.00. The van der Waals surface area contributed by atoms with E-state index in [1.165, 1.54) is 11.3 Å². The normalized spacial score (nSPS) is 15.5. The number of thiophene rings is 2. The molecule has 0 spiro atoms. The van der Waals surface area contributed by atoms with Crippen LogP contribution in [0, 0.1) is 0 Å². The lowest BCUT2D eigenvalue weighted by Crippen LogP contribution is -2.47. The predicted molar refractivity (Wildman–Crippen MR) is 185 cm³/mol. The number of nitrogens with one attached hydrogen (secondary N) is 1. The first-order chi connectivity index (χ1) is 24.6. The summed E-state index contributed by atoms with van der Waals surface area (Å²) < 4.78 is 28.7. The predicted octanol–water partition coefficient (Wildman–Crippen LogP) is 5.89. The van der Waals surface area contributed by atoms with Gasteiger partial charge in [-0.25, -0.2) is 0 Å². The van der Waals surface area contributed by atoms with Crippen molar-refractivity contribution in [1.29, 1.82) is 0 Å². The van der Waals surface area contributed by atoms with Gasteiger partial charge in [-0.1, -0.05) is 28.5 Å². The fourth-order valence-corrected chi connectivity index (χ4v) is 7.37. The van der Waals surface area contributed by atoms with Crippen LogP contribution in [0.25, 0.3) is 21.4 Å². The summed E-state index contributed by atoms with van der Waals surface area (Å²) in [4.78, 5) is 40.0. The number of amides is 1. The number of likely N-dealkylation sites (tertiary alicyclic amines) is 1. The van der Waals surface area contributed by atoms with Gasteiger partial charge in [-0.05, 0) is 79.4 Å². The molecule has 2 aliphatic rings. The van der Waals surface area contributed by atoms with Gasteiger partial charge < -0.3 is 33.5 Å². The SMILES string of the molecule is O=C(CCCc1nc(-c2cccs2)no1)N[C@H](CN1CCCC1)[C@H](OC(=O)CCCc1nc(-c2cccs2)no1)c1ccc2c(c1)OCCO2. The summed E-state index contributed by atoms with van der Waals surface area (Å²) in [7, 11) is 0. The molecule has 5 aromatic rings. The molecule has 0 bridgehead atoms. The first-order valence-corrected chi connectivity index (χ1v) is 18.7. The van der Waals surface area contributed by atoms with Gasteiger partial charge in [-0.15, -0.1) is 22.7 Å². The van der Waals surface area contributed by atoms with Crippen molar-refractivity contribution < 1.29 is 32.8 Å². The Balaban J connectivity index is 1.02. The molecule has 1 amide bonds. The van der Waals surface area contributed by atoms with E-state index in [0.29, 0.717) is 80.4 Å². The van der Waals surface area contributed by atoms with Gasteiger partial charge in [0.1, 0.15) is 19.3 Å². The van der Waals surface area contributed by atoms with Crippen LogP contribution in [0.4, 0.5) is 0 Å². The molecular formula is C35H38N6O7S2. The summed E-state index contributed by atoms with van der Waals surface area (Å²) in [5.41, 5.74) is 0.719. The number of ether oxygens (including phenoxy) is 3. The lowest BCUT2D eigenvalue weighted by molar-refractivity contribution is -0.152. The molecule has 0 saturated carbocycles. The van der Waals surface area contributed by atoms with Crippen LogP contribution in [0.3, 0.4) is 0 Å². The number of carbonyl (C=O) groups excluding carboxylic acids is 2. The number of aryl methyl sites for hydroxylation is 2. The van der Waals surface area contributed by atoms with E-state index in [1.54, 1.807) is 11.3 Å². The maximum Gasteiger partial charge on any atom is 0.306 e. The van der Waals surface area contributed by atoms with Crippen LogP contribution >= 0.6 is 22.7 Å². The van der Waals surface area contributed by atoms with Crippen LogP contribution < -0.4 is 14.8 Å². The summed E-state index contributed by atoms with van der Waals surface area (Å²) in [5, 5.41) is 15.3. The van der Waals surface area contributed by atoms with E-state index in [0.717, 1.165) is 41.2 Å². The van der Waals surface area contributed by atoms with Crippen LogP contribution in [-0.4, -0.2) is 75.9 Å². The third-order valence-electron chi connectivity index (χ3n) is 8.50. The Morgan fingerprint density at radius 2 is 1.48 bits per heavy atom. The zero-order valence-electron chi connectivity index (χ0n) is 27.5. The second kappa shape index (κ2) is 16.4. The highest BCUT2D eigenvalue weighted by molar-refractivity contribution is 7.13. The summed E-state index contributed by atoms with van der Waals surface area (Å²) in [6.45, 7) is 3.24. The Morgan fingerprint density at radius 3 is 2.12 bits per heavy atom. The van der Waals surface area contributed by atoms with Crippen LogP contribution in [0.2, 0.25) is 0 Å². The number of hydrogen-bond acceptors (Lipinski definition) is 14. The van der Waals surface area contributed by atoms with E-state index in [9.17, 15) is 9.59 Å². The van der Waals surface area contributed by atoms with E-state index >= 15 is 0 Å². The van der Waals surface area contributed by atoms with Crippen molar-refractivity contribution in [3.63, 3.8) is 0 Å². The molecule has 0 radical (unpaired) electrons. The molecule has 6 heterocycles. The molecule has 7 rings (SSSR count). The molecular weight excluding hydrogens is 681 g/mol. The van der Waals surface area contributed by atoms with E-state index in [-0.39, 0.29) is 24.7 Å². The van der Waals surface area contributed by atoms with Gasteiger partial charge in [-0.3, -0.25) is 9.59 Å². The Labute approximate surface area is 296 Å². The third kappa shape index (κ3) is 8.76. The van der Waals surface area contributed by atoms with E-state index < -0.39 is 12.1 Å². The Morgan fingerprint density at radius 1 is 0.840 bits per heavy atom. The Hall–Kier alpha value is -4.60. The second-order valence-corrected chi connectivity index (χ2v) is 14.1. The number of esters is 1. The first kappa shape index (κ1) is 33.9. The van der Waals surface area contributed by atoms with Crippen molar-refractivity contribution >= 4 is 34.6 Å². The van der Waals surface area contributed by atoms with Gasteiger partial charge in [0.05, 0.1) is 15.8 Å². The van der Waals surface area contributed by atoms with Gasteiger partial charge in [0.25, 0.3) is 0 Å². The topological polar surface area (TPSA) is 155 Å². The third-order valence-corrected chi connectivity index (χ3v) is 10.2. The van der Waals surface area contributed by atoms with Gasteiger partial charge >= 0.3 is 5.97 Å². The number of aromatic nitrogens is 4. The van der Waals surface area contributed by atoms with Gasteiger partial charge in [0.15, 0.2) is 11.5 Å². The molecule has 4 aromatic heterocycles. The molecule has 1 saturated heterocycles. The summed E-state index contributed by atoms with van der Waals surface area (Å²) in [5.74, 6) is 2.72. The number of carbonyl (C=O) groups is 2. The number of nitrogens with zero attached hydrogens (tertiary/aromatic N) is 5. The molecule has 15 heteroatoms. The first-order valence-electron chi connectivity index (χ1n) is 16.9. The quantitative estimate of drug-likeness (QED) is 0.121. The molecule has 2 aliphatic heterocycles. The zero-order chi connectivity index (χ0) is 34.1. The van der Waals surface area contributed by atoms with Crippen LogP contribution in [0.15, 0.2) is 62.3 Å². The van der Waals surface area contributed by atoms with Crippen molar-refractivity contribution in [3.8, 4) is 32.9 Å². The van der Waals surface area contributed by atoms with Gasteiger partial charge in [0.2, 0.25) is 29.3 Å². The fraction of sp³-hybridized carbons (Fsp3) is 0.429. The molecule has 50 heavy (non-hydrogen) atoms. The van der Waals surface area contributed by atoms with Crippen molar-refractivity contribution in [2.24, 2.45) is 0 Å². The minimum Gasteiger partial charge on any atom is -0.486 e. The highest BCUT2D eigenvalue weighted by Gasteiger charge is 2.32. The molecule has 1 aromatic carbocycles. The molecule has 1 N–H and O–H groups in total. The maximum atomic E-state index is 13.5. The van der Waals surface area contributed by atoms with Crippen molar-refractivity contribution in [1.82, 2.24) is 30.5 Å². The van der Waals surface area contributed by atoms with E-state index in [4.69, 9.17) is 23.3 Å². The molecule has 262 valence electrons. The second-order valence-electron chi connectivity index (χ2n) is 12.2. The van der Waals surface area contributed by atoms with Crippen molar-refractivity contribution in [3.05, 3.63) is 70.6 Å². The summed E-state index contributed by atoms with van der Waals surface area (Å²) in [6, 6.07) is 12.8. The number of benzene rings is 1. The zero-order valence-corrected chi connectivity index (χ0v) is 29.1. The van der Waals surface area contributed by atoms with Crippen molar-refractivity contribution in [2.45, 2.75) is 63.5 Å². The maximum absolute atomic E-state index is 13.5.